The summed E-state index contributed by atoms with van der Waals surface area (Å²) in [5.74, 6) is 0. The van der Waals surface area contributed by atoms with Crippen LogP contribution in [-0.2, 0) is 0 Å². The monoisotopic (exact) mass is 198 g/mol. The van der Waals surface area contributed by atoms with Crippen molar-refractivity contribution in [1.29, 1.82) is 0 Å². The smallest absolute Gasteiger partial charge is 0.0462 e. The van der Waals surface area contributed by atoms with E-state index >= 15 is 0 Å². The third kappa shape index (κ3) is 2.12. The number of hydrogen-bond acceptors (Lipinski definition) is 2. The summed E-state index contributed by atoms with van der Waals surface area (Å²) in [5.41, 5.74) is 0.599. The topological polar surface area (TPSA) is 6.48 Å². The maximum Gasteiger partial charge on any atom is 0.0462 e. The van der Waals surface area contributed by atoms with Crippen molar-refractivity contribution in [2.75, 3.05) is 33.2 Å². The number of likely N-dealkylation sites (N-methyl/N-ethyl adjacent to an activating group) is 2. The van der Waals surface area contributed by atoms with E-state index in [0.29, 0.717) is 5.54 Å². The Morgan fingerprint density at radius 2 is 1.79 bits per heavy atom. The highest BCUT2D eigenvalue weighted by molar-refractivity contribution is 5.04. The summed E-state index contributed by atoms with van der Waals surface area (Å²) in [6, 6.07) is 0. The van der Waals surface area contributed by atoms with Crippen molar-refractivity contribution in [3.63, 3.8) is 0 Å². The lowest BCUT2D eigenvalue weighted by atomic mass is 9.80. The van der Waals surface area contributed by atoms with Crippen LogP contribution in [-0.4, -0.2) is 48.6 Å². The van der Waals surface area contributed by atoms with E-state index in [2.05, 4.69) is 23.8 Å². The summed E-state index contributed by atoms with van der Waals surface area (Å²) in [5, 5.41) is 0. The molecule has 0 amide bonds. The van der Waals surface area contributed by atoms with Crippen molar-refractivity contribution < 1.29 is 0 Å². The minimum atomic E-state index is 0.599. The molecule has 0 aromatic rings. The first kappa shape index (κ1) is 12.0. The van der Waals surface area contributed by atoms with E-state index in [1.165, 1.54) is 45.4 Å². The molecule has 2 nitrogen and oxygen atoms in total. The predicted molar refractivity (Wildman–Crippen MR) is 62.7 cm³/mol. The van der Waals surface area contributed by atoms with E-state index in [-0.39, 0.29) is 0 Å². The van der Waals surface area contributed by atoms with E-state index < -0.39 is 0 Å². The molecule has 0 atom stereocenters. The Kier molecular flexibility index (Phi) is 4.39. The van der Waals surface area contributed by atoms with Crippen LogP contribution in [0.25, 0.3) is 0 Å². The zero-order chi connectivity index (χ0) is 10.6. The highest BCUT2D eigenvalue weighted by Crippen LogP contribution is 2.35. The van der Waals surface area contributed by atoms with Crippen LogP contribution in [0.5, 0.6) is 0 Å². The fourth-order valence-corrected chi connectivity index (χ4v) is 2.96. The predicted octanol–water partition coefficient (Wildman–Crippen LogP) is 2.20. The summed E-state index contributed by atoms with van der Waals surface area (Å²) in [6.45, 7) is 11.5. The van der Waals surface area contributed by atoms with Crippen LogP contribution in [0.2, 0.25) is 0 Å². The maximum atomic E-state index is 2.69. The molecule has 14 heavy (non-hydrogen) atoms. The Bertz CT molecular complexity index is 156. The Morgan fingerprint density at radius 3 is 2.29 bits per heavy atom. The fraction of sp³-hybridized carbons (Fsp3) is 1.00. The normalized spacial score (nSPS) is 26.6. The van der Waals surface area contributed by atoms with E-state index in [9.17, 15) is 0 Å². The summed E-state index contributed by atoms with van der Waals surface area (Å²) in [4.78, 5) is 5.13. The zero-order valence-corrected chi connectivity index (χ0v) is 10.3. The van der Waals surface area contributed by atoms with Crippen molar-refractivity contribution >= 4 is 0 Å². The number of rotatable bonds is 1. The molecule has 1 spiro atoms. The molecule has 84 valence electrons. The Labute approximate surface area is 89.3 Å². The number of piperidine rings is 1. The first-order chi connectivity index (χ1) is 6.77. The third-order valence-electron chi connectivity index (χ3n) is 3.50. The molecular weight excluding hydrogens is 172 g/mol. The van der Waals surface area contributed by atoms with Crippen molar-refractivity contribution in [1.82, 2.24) is 9.80 Å². The maximum absolute atomic E-state index is 2.69. The summed E-state index contributed by atoms with van der Waals surface area (Å²) >= 11 is 0. The van der Waals surface area contributed by atoms with Gasteiger partial charge in [0.05, 0.1) is 0 Å². The van der Waals surface area contributed by atoms with Crippen LogP contribution in [0, 0.1) is 0 Å². The van der Waals surface area contributed by atoms with Crippen molar-refractivity contribution in [3.8, 4) is 0 Å². The second kappa shape index (κ2) is 5.13. The van der Waals surface area contributed by atoms with Crippen LogP contribution < -0.4 is 0 Å². The molecule has 2 rings (SSSR count). The molecule has 0 N–H and O–H groups in total. The highest BCUT2D eigenvalue weighted by Gasteiger charge is 2.45. The van der Waals surface area contributed by atoms with E-state index in [1.54, 1.807) is 0 Å². The summed E-state index contributed by atoms with van der Waals surface area (Å²) < 4.78 is 0. The van der Waals surface area contributed by atoms with E-state index in [4.69, 9.17) is 0 Å². The first-order valence-corrected chi connectivity index (χ1v) is 6.20. The molecule has 2 aliphatic heterocycles. The van der Waals surface area contributed by atoms with Gasteiger partial charge in [-0.25, -0.2) is 0 Å². The SMILES string of the molecule is CC.CCN1CCCCC12CN(C)C2. The largest absolute Gasteiger partial charge is 0.303 e. The van der Waals surface area contributed by atoms with Gasteiger partial charge in [-0.3, -0.25) is 4.90 Å². The molecule has 2 heteroatoms. The average Bonchev–Trinajstić information content (AvgIpc) is 2.20. The Morgan fingerprint density at radius 1 is 1.14 bits per heavy atom. The summed E-state index contributed by atoms with van der Waals surface area (Å²) in [7, 11) is 2.23. The van der Waals surface area contributed by atoms with Crippen LogP contribution in [0.1, 0.15) is 40.0 Å². The fourth-order valence-electron chi connectivity index (χ4n) is 2.96. The van der Waals surface area contributed by atoms with E-state index in [1.807, 2.05) is 13.8 Å². The van der Waals surface area contributed by atoms with Crippen LogP contribution in [0.3, 0.4) is 0 Å². The third-order valence-corrected chi connectivity index (χ3v) is 3.50. The Balaban J connectivity index is 0.000000461. The quantitative estimate of drug-likeness (QED) is 0.637. The lowest BCUT2D eigenvalue weighted by Gasteiger charge is -2.57. The van der Waals surface area contributed by atoms with Gasteiger partial charge < -0.3 is 4.90 Å². The Hall–Kier alpha value is -0.0800. The molecule has 2 saturated heterocycles. The molecule has 0 aromatic heterocycles. The van der Waals surface area contributed by atoms with Gasteiger partial charge in [0.2, 0.25) is 0 Å². The van der Waals surface area contributed by atoms with Gasteiger partial charge in [-0.15, -0.1) is 0 Å². The molecule has 2 aliphatic rings. The van der Waals surface area contributed by atoms with Gasteiger partial charge in [0, 0.05) is 18.6 Å². The minimum Gasteiger partial charge on any atom is -0.303 e. The molecular formula is C12H26N2. The van der Waals surface area contributed by atoms with Gasteiger partial charge >= 0.3 is 0 Å². The van der Waals surface area contributed by atoms with Crippen molar-refractivity contribution in [3.05, 3.63) is 0 Å². The molecule has 0 aromatic carbocycles. The second-order valence-electron chi connectivity index (χ2n) is 4.43. The lowest BCUT2D eigenvalue weighted by Crippen LogP contribution is -2.70. The van der Waals surface area contributed by atoms with Gasteiger partial charge in [0.1, 0.15) is 0 Å². The second-order valence-corrected chi connectivity index (χ2v) is 4.43. The van der Waals surface area contributed by atoms with Crippen LogP contribution >= 0.6 is 0 Å². The van der Waals surface area contributed by atoms with Crippen molar-refractivity contribution in [2.24, 2.45) is 0 Å². The number of likely N-dealkylation sites (tertiary alicyclic amines) is 2. The van der Waals surface area contributed by atoms with Gasteiger partial charge in [-0.1, -0.05) is 27.2 Å². The van der Waals surface area contributed by atoms with Crippen LogP contribution in [0.15, 0.2) is 0 Å². The molecule has 0 bridgehead atoms. The van der Waals surface area contributed by atoms with Gasteiger partial charge in [-0.05, 0) is 33.0 Å². The molecule has 0 saturated carbocycles. The first-order valence-electron chi connectivity index (χ1n) is 6.20. The van der Waals surface area contributed by atoms with Gasteiger partial charge in [-0.2, -0.15) is 0 Å². The lowest BCUT2D eigenvalue weighted by molar-refractivity contribution is -0.0632. The minimum absolute atomic E-state index is 0.599. The molecule has 0 unspecified atom stereocenters. The molecule has 0 aliphatic carbocycles. The zero-order valence-electron chi connectivity index (χ0n) is 10.3. The van der Waals surface area contributed by atoms with Gasteiger partial charge in [0.15, 0.2) is 0 Å². The molecule has 0 radical (unpaired) electrons. The summed E-state index contributed by atoms with van der Waals surface area (Å²) in [6.07, 6.45) is 4.30. The standard InChI is InChI=1S/C10H20N2.C2H6/c1-3-12-7-5-4-6-10(12)8-11(2)9-10;1-2/h3-9H2,1-2H3;1-2H3. The average molecular weight is 198 g/mol. The number of nitrogens with zero attached hydrogens (tertiary/aromatic N) is 2. The number of hydrogen-bond donors (Lipinski definition) is 0. The van der Waals surface area contributed by atoms with Gasteiger partial charge in [0.25, 0.3) is 0 Å². The van der Waals surface area contributed by atoms with E-state index in [0.717, 1.165) is 0 Å². The molecule has 2 fully saturated rings. The molecule has 2 heterocycles. The van der Waals surface area contributed by atoms with Crippen LogP contribution in [0.4, 0.5) is 0 Å². The highest BCUT2D eigenvalue weighted by atomic mass is 15.3. The van der Waals surface area contributed by atoms with Crippen molar-refractivity contribution in [2.45, 2.75) is 45.6 Å².